The van der Waals surface area contributed by atoms with Gasteiger partial charge in [-0.15, -0.1) is 0 Å². The summed E-state index contributed by atoms with van der Waals surface area (Å²) in [5.41, 5.74) is 12.4. The van der Waals surface area contributed by atoms with Crippen molar-refractivity contribution in [2.24, 2.45) is 0 Å². The highest BCUT2D eigenvalue weighted by atomic mass is 79.9. The van der Waals surface area contributed by atoms with Crippen molar-refractivity contribution in [2.45, 2.75) is 19.4 Å². The summed E-state index contributed by atoms with van der Waals surface area (Å²) in [6.07, 6.45) is 14.0. The van der Waals surface area contributed by atoms with E-state index in [-0.39, 0.29) is 6.04 Å². The summed E-state index contributed by atoms with van der Waals surface area (Å²) in [5.74, 6) is 0. The predicted octanol–water partition coefficient (Wildman–Crippen LogP) is 14.8. The maximum atomic E-state index is 4.58. The van der Waals surface area contributed by atoms with Gasteiger partial charge in [0.25, 0.3) is 0 Å². The molecule has 7 rings (SSSR count). The monoisotopic (exact) mass is 814 g/mol. The first-order valence-electron chi connectivity index (χ1n) is 17.8. The smallest absolute Gasteiger partial charge is 0.0560 e. The lowest BCUT2D eigenvalue weighted by Gasteiger charge is -2.33. The summed E-state index contributed by atoms with van der Waals surface area (Å²) >= 11 is 7.25. The molecule has 0 bridgehead atoms. The molecule has 0 N–H and O–H groups in total. The van der Waals surface area contributed by atoms with E-state index in [2.05, 4.69) is 249 Å². The molecule has 0 saturated carbocycles. The molecule has 0 radical (unpaired) electrons. The zero-order valence-electron chi connectivity index (χ0n) is 29.6. The van der Waals surface area contributed by atoms with Crippen LogP contribution in [0.4, 0.5) is 22.7 Å². The van der Waals surface area contributed by atoms with E-state index in [1.165, 1.54) is 22.3 Å². The molecule has 53 heavy (non-hydrogen) atoms. The number of anilines is 4. The first-order chi connectivity index (χ1) is 26.0. The molecule has 0 aromatic heterocycles. The third-order valence-electron chi connectivity index (χ3n) is 9.47. The standard InChI is InChI=1S/C49H40Br2N2/c1-3-37(15-14-36(2)52(46-32-22-43(50)23-33-46)45-26-18-41(19-27-45)38-10-6-4-7-11-38)40-16-28-47(29-17-40)53(49-34-24-44(51)25-35-49)48-30-20-42(21-31-48)39-12-8-5-9-13-39/h3-32,34-35,46H,2,33H2,1H3/b15-14-,37-3+. The van der Waals surface area contributed by atoms with Gasteiger partial charge < -0.3 is 9.80 Å². The van der Waals surface area contributed by atoms with Crippen LogP contribution in [0.5, 0.6) is 0 Å². The molecular weight excluding hydrogens is 776 g/mol. The summed E-state index contributed by atoms with van der Waals surface area (Å²) in [6, 6.07) is 56.0. The molecule has 6 aromatic rings. The van der Waals surface area contributed by atoms with Crippen molar-refractivity contribution in [3.8, 4) is 22.3 Å². The molecular formula is C49H40Br2N2. The second-order valence-corrected chi connectivity index (χ2v) is 14.7. The maximum Gasteiger partial charge on any atom is 0.0560 e. The van der Waals surface area contributed by atoms with Crippen molar-refractivity contribution in [2.75, 3.05) is 9.80 Å². The molecule has 1 aliphatic rings. The van der Waals surface area contributed by atoms with E-state index in [9.17, 15) is 0 Å². The molecule has 260 valence electrons. The second-order valence-electron chi connectivity index (χ2n) is 12.9. The first-order valence-corrected chi connectivity index (χ1v) is 19.4. The van der Waals surface area contributed by atoms with Crippen LogP contribution in [-0.2, 0) is 0 Å². The Morgan fingerprint density at radius 2 is 1.06 bits per heavy atom. The zero-order valence-corrected chi connectivity index (χ0v) is 32.8. The zero-order chi connectivity index (χ0) is 36.6. The summed E-state index contributed by atoms with van der Waals surface area (Å²) in [5, 5.41) is 0. The molecule has 0 spiro atoms. The molecule has 0 heterocycles. The minimum Gasteiger partial charge on any atom is -0.335 e. The van der Waals surface area contributed by atoms with Gasteiger partial charge in [-0.25, -0.2) is 0 Å². The average molecular weight is 817 g/mol. The van der Waals surface area contributed by atoms with E-state index in [0.29, 0.717) is 0 Å². The fourth-order valence-electron chi connectivity index (χ4n) is 6.69. The average Bonchev–Trinajstić information content (AvgIpc) is 3.21. The minimum atomic E-state index is 0.149. The Morgan fingerprint density at radius 1 is 0.585 bits per heavy atom. The van der Waals surface area contributed by atoms with Gasteiger partial charge in [0.2, 0.25) is 0 Å². The number of rotatable bonds is 11. The van der Waals surface area contributed by atoms with Gasteiger partial charge in [0, 0.05) is 37.4 Å². The Balaban J connectivity index is 1.14. The van der Waals surface area contributed by atoms with Gasteiger partial charge in [0.1, 0.15) is 0 Å². The van der Waals surface area contributed by atoms with Crippen molar-refractivity contribution in [3.63, 3.8) is 0 Å². The lowest BCUT2D eigenvalue weighted by molar-refractivity contribution is 0.763. The van der Waals surface area contributed by atoms with Gasteiger partial charge in [-0.2, -0.15) is 0 Å². The third-order valence-corrected chi connectivity index (χ3v) is 10.6. The topological polar surface area (TPSA) is 6.48 Å². The van der Waals surface area contributed by atoms with Crippen molar-refractivity contribution in [1.29, 1.82) is 0 Å². The number of hydrogen-bond donors (Lipinski definition) is 0. The summed E-state index contributed by atoms with van der Waals surface area (Å²) < 4.78 is 2.16. The fourth-order valence-corrected chi connectivity index (χ4v) is 7.29. The van der Waals surface area contributed by atoms with Crippen LogP contribution < -0.4 is 9.80 Å². The van der Waals surface area contributed by atoms with Gasteiger partial charge in [0.05, 0.1) is 6.04 Å². The summed E-state index contributed by atoms with van der Waals surface area (Å²) in [4.78, 5) is 4.62. The molecule has 1 unspecified atom stereocenters. The van der Waals surface area contributed by atoms with E-state index in [1.807, 2.05) is 0 Å². The quantitative estimate of drug-likeness (QED) is 0.120. The van der Waals surface area contributed by atoms with E-state index in [0.717, 1.165) is 55.0 Å². The largest absolute Gasteiger partial charge is 0.335 e. The van der Waals surface area contributed by atoms with E-state index < -0.39 is 0 Å². The highest BCUT2D eigenvalue weighted by Gasteiger charge is 2.20. The molecule has 6 aromatic carbocycles. The van der Waals surface area contributed by atoms with Crippen LogP contribution in [0.3, 0.4) is 0 Å². The highest BCUT2D eigenvalue weighted by molar-refractivity contribution is 9.12. The molecule has 0 saturated heterocycles. The Kier molecular flexibility index (Phi) is 11.5. The van der Waals surface area contributed by atoms with Gasteiger partial charge >= 0.3 is 0 Å². The molecule has 1 atom stereocenters. The van der Waals surface area contributed by atoms with Crippen LogP contribution in [-0.4, -0.2) is 6.04 Å². The van der Waals surface area contributed by atoms with E-state index in [1.54, 1.807) is 0 Å². The summed E-state index contributed by atoms with van der Waals surface area (Å²) in [6.45, 7) is 6.67. The van der Waals surface area contributed by atoms with Gasteiger partial charge in [-0.05, 0) is 113 Å². The van der Waals surface area contributed by atoms with Crippen molar-refractivity contribution >= 4 is 60.2 Å². The van der Waals surface area contributed by atoms with Gasteiger partial charge in [-0.3, -0.25) is 0 Å². The van der Waals surface area contributed by atoms with Crippen molar-refractivity contribution < 1.29 is 0 Å². The number of allylic oxidation sites excluding steroid dienone is 6. The number of hydrogen-bond acceptors (Lipinski definition) is 2. The lowest BCUT2D eigenvalue weighted by Crippen LogP contribution is -2.32. The minimum absolute atomic E-state index is 0.149. The second kappa shape index (κ2) is 16.9. The predicted molar refractivity (Wildman–Crippen MR) is 235 cm³/mol. The normalized spacial score (nSPS) is 14.2. The van der Waals surface area contributed by atoms with Crippen molar-refractivity contribution in [1.82, 2.24) is 0 Å². The third kappa shape index (κ3) is 8.63. The molecule has 0 fully saturated rings. The molecule has 0 amide bonds. The lowest BCUT2D eigenvalue weighted by atomic mass is 10.0. The van der Waals surface area contributed by atoms with Crippen LogP contribution in [0, 0.1) is 0 Å². The van der Waals surface area contributed by atoms with Crippen molar-refractivity contribution in [3.05, 3.63) is 221 Å². The van der Waals surface area contributed by atoms with Crippen LogP contribution in [0.15, 0.2) is 215 Å². The van der Waals surface area contributed by atoms with Crippen LogP contribution in [0.1, 0.15) is 18.9 Å². The summed E-state index contributed by atoms with van der Waals surface area (Å²) in [7, 11) is 0. The van der Waals surface area contributed by atoms with E-state index in [4.69, 9.17) is 0 Å². The SMILES string of the molecule is C=C(/C=C\C(=C/C)c1ccc(N(c2ccc(Br)cc2)c2ccc(-c3ccccc3)cc2)cc1)N(c1ccc(-c2ccccc2)cc1)C1C=CC(Br)=CC1. The molecule has 0 aliphatic heterocycles. The fraction of sp³-hybridized carbons (Fsp3) is 0.0612. The van der Waals surface area contributed by atoms with Crippen LogP contribution in [0.25, 0.3) is 27.8 Å². The molecule has 1 aliphatic carbocycles. The first kappa shape index (κ1) is 36.0. The Labute approximate surface area is 330 Å². The molecule has 2 nitrogen and oxygen atoms in total. The highest BCUT2D eigenvalue weighted by Crippen LogP contribution is 2.37. The number of halogens is 2. The Morgan fingerprint density at radius 3 is 1.55 bits per heavy atom. The van der Waals surface area contributed by atoms with E-state index >= 15 is 0 Å². The van der Waals surface area contributed by atoms with Crippen LogP contribution in [0.2, 0.25) is 0 Å². The maximum absolute atomic E-state index is 4.58. The Bertz CT molecular complexity index is 2270. The number of benzene rings is 6. The van der Waals surface area contributed by atoms with Crippen LogP contribution >= 0.6 is 31.9 Å². The van der Waals surface area contributed by atoms with Gasteiger partial charge in [0.15, 0.2) is 0 Å². The number of nitrogens with zero attached hydrogens (tertiary/aromatic N) is 2. The van der Waals surface area contributed by atoms with Gasteiger partial charge in [-0.1, -0.05) is 166 Å². The Hall–Kier alpha value is -5.42. The molecule has 4 heteroatoms.